The fourth-order valence-corrected chi connectivity index (χ4v) is 5.60. The Morgan fingerprint density at radius 3 is 1.43 bits per heavy atom. The average Bonchev–Trinajstić information content (AvgIpc) is 2.96. The summed E-state index contributed by atoms with van der Waals surface area (Å²) in [6.45, 7) is 8.66. The molecule has 0 saturated heterocycles. The predicted molar refractivity (Wildman–Crippen MR) is 184 cm³/mol. The van der Waals surface area contributed by atoms with Gasteiger partial charge in [0.15, 0.2) is 0 Å². The maximum Gasteiger partial charge on any atom is 0.316 e. The van der Waals surface area contributed by atoms with Crippen LogP contribution in [0.1, 0.15) is 201 Å². The Kier molecular flexibility index (Phi) is 31.5. The molecule has 3 nitrogen and oxygen atoms in total. The molecule has 0 aromatic rings. The molecule has 0 spiro atoms. The average molecular weight is 589 g/mol. The first-order valence-electron chi connectivity index (χ1n) is 18.6. The van der Waals surface area contributed by atoms with Crippen LogP contribution in [0.3, 0.4) is 0 Å². The lowest BCUT2D eigenvalue weighted by Gasteiger charge is -2.18. The van der Waals surface area contributed by atoms with Crippen LogP contribution in [0.5, 0.6) is 0 Å². The Morgan fingerprint density at radius 1 is 0.524 bits per heavy atom. The molecule has 0 N–H and O–H groups in total. The van der Waals surface area contributed by atoms with Gasteiger partial charge in [-0.2, -0.15) is 0 Å². The van der Waals surface area contributed by atoms with E-state index in [0.29, 0.717) is 6.42 Å². The van der Waals surface area contributed by atoms with Crippen LogP contribution in [0.25, 0.3) is 0 Å². The molecule has 0 saturated carbocycles. The normalized spacial score (nSPS) is 12.6. The highest BCUT2D eigenvalue weighted by atomic mass is 16.6. The largest absolute Gasteiger partial charge is 0.393 e. The molecule has 0 aromatic carbocycles. The number of rotatable bonds is 31. The van der Waals surface area contributed by atoms with E-state index in [9.17, 15) is 9.59 Å². The summed E-state index contributed by atoms with van der Waals surface area (Å²) in [5.74, 6) is -0.580. The van der Waals surface area contributed by atoms with E-state index >= 15 is 0 Å². The van der Waals surface area contributed by atoms with Crippen molar-refractivity contribution in [3.8, 4) is 0 Å². The lowest BCUT2D eigenvalue weighted by atomic mass is 9.90. The molecular formula is C39H72O3. The van der Waals surface area contributed by atoms with Gasteiger partial charge >= 0.3 is 11.9 Å². The van der Waals surface area contributed by atoms with E-state index < -0.39 is 0 Å². The molecule has 1 unspecified atom stereocenters. The Morgan fingerprint density at radius 2 is 0.929 bits per heavy atom. The topological polar surface area (TPSA) is 43.4 Å². The summed E-state index contributed by atoms with van der Waals surface area (Å²) in [6, 6.07) is 0. The number of hydrogen-bond donors (Lipinski definition) is 0. The zero-order valence-corrected chi connectivity index (χ0v) is 28.8. The molecule has 0 heterocycles. The van der Waals surface area contributed by atoms with Crippen LogP contribution in [0, 0.1) is 11.8 Å². The molecule has 0 aliphatic rings. The standard InChI is InChI=1S/C39H72O3/c1-5-7-9-11-13-15-17-19-21-23-25-27-29-31-33-35-38(40)42-39(41)37(36(3)4)34-32-30-28-26-24-22-20-18-16-14-12-10-8-6-2/h13,15,19,21,36-37H,5-12,14,16-18,20,22-35H2,1-4H3. The number of ether oxygens (including phenoxy) is 1. The Labute approximate surface area is 263 Å². The van der Waals surface area contributed by atoms with Crippen molar-refractivity contribution in [2.24, 2.45) is 11.8 Å². The summed E-state index contributed by atoms with van der Waals surface area (Å²) >= 11 is 0. The van der Waals surface area contributed by atoms with Crippen LogP contribution in [-0.2, 0) is 14.3 Å². The Hall–Kier alpha value is -1.38. The van der Waals surface area contributed by atoms with Crippen molar-refractivity contribution >= 4 is 11.9 Å². The van der Waals surface area contributed by atoms with E-state index in [2.05, 4.69) is 52.0 Å². The highest BCUT2D eigenvalue weighted by Gasteiger charge is 2.25. The van der Waals surface area contributed by atoms with Gasteiger partial charge in [-0.15, -0.1) is 0 Å². The van der Waals surface area contributed by atoms with Gasteiger partial charge in [-0.1, -0.05) is 174 Å². The van der Waals surface area contributed by atoms with Crippen molar-refractivity contribution < 1.29 is 14.3 Å². The van der Waals surface area contributed by atoms with Crippen LogP contribution < -0.4 is 0 Å². The first kappa shape index (κ1) is 40.6. The van der Waals surface area contributed by atoms with Crippen LogP contribution in [-0.4, -0.2) is 11.9 Å². The molecule has 0 aliphatic carbocycles. The Bertz CT molecular complexity index is 648. The molecule has 0 aliphatic heterocycles. The highest BCUT2D eigenvalue weighted by Crippen LogP contribution is 2.22. The van der Waals surface area contributed by atoms with Gasteiger partial charge in [0.1, 0.15) is 0 Å². The summed E-state index contributed by atoms with van der Waals surface area (Å²) in [5, 5.41) is 0. The van der Waals surface area contributed by atoms with Gasteiger partial charge in [0, 0.05) is 6.42 Å². The van der Waals surface area contributed by atoms with Gasteiger partial charge in [0.05, 0.1) is 5.92 Å². The van der Waals surface area contributed by atoms with Crippen molar-refractivity contribution in [2.45, 2.75) is 201 Å². The van der Waals surface area contributed by atoms with Gasteiger partial charge in [-0.3, -0.25) is 9.59 Å². The monoisotopic (exact) mass is 589 g/mol. The second-order valence-electron chi connectivity index (χ2n) is 13.0. The van der Waals surface area contributed by atoms with E-state index in [1.807, 2.05) is 0 Å². The first-order valence-corrected chi connectivity index (χ1v) is 18.6. The molecule has 42 heavy (non-hydrogen) atoms. The number of unbranched alkanes of at least 4 members (excludes halogenated alkanes) is 21. The molecule has 0 radical (unpaired) electrons. The lowest BCUT2D eigenvalue weighted by molar-refractivity contribution is -0.164. The van der Waals surface area contributed by atoms with Crippen LogP contribution in [0.15, 0.2) is 24.3 Å². The van der Waals surface area contributed by atoms with Crippen molar-refractivity contribution in [1.82, 2.24) is 0 Å². The zero-order valence-electron chi connectivity index (χ0n) is 28.8. The minimum absolute atomic E-state index is 0.157. The highest BCUT2D eigenvalue weighted by molar-refractivity contribution is 5.86. The van der Waals surface area contributed by atoms with E-state index in [4.69, 9.17) is 4.74 Å². The third-order valence-electron chi connectivity index (χ3n) is 8.52. The smallest absolute Gasteiger partial charge is 0.316 e. The van der Waals surface area contributed by atoms with E-state index in [1.54, 1.807) is 0 Å². The van der Waals surface area contributed by atoms with Crippen LogP contribution >= 0.6 is 0 Å². The van der Waals surface area contributed by atoms with Crippen LogP contribution in [0.4, 0.5) is 0 Å². The number of esters is 2. The third kappa shape index (κ3) is 28.7. The number of allylic oxidation sites excluding steroid dienone is 4. The van der Waals surface area contributed by atoms with Crippen molar-refractivity contribution in [3.63, 3.8) is 0 Å². The van der Waals surface area contributed by atoms with E-state index in [-0.39, 0.29) is 23.8 Å². The molecule has 0 rings (SSSR count). The quantitative estimate of drug-likeness (QED) is 0.0350. The molecule has 3 heteroatoms. The van der Waals surface area contributed by atoms with E-state index in [0.717, 1.165) is 44.9 Å². The van der Waals surface area contributed by atoms with Crippen molar-refractivity contribution in [3.05, 3.63) is 24.3 Å². The first-order chi connectivity index (χ1) is 20.5. The molecule has 0 amide bonds. The summed E-state index contributed by atoms with van der Waals surface area (Å²) in [7, 11) is 0. The number of carbonyl (C=O) groups excluding carboxylic acids is 2. The minimum atomic E-state index is -0.336. The number of carbonyl (C=O) groups is 2. The predicted octanol–water partition coefficient (Wildman–Crippen LogP) is 13.0. The van der Waals surface area contributed by atoms with Gasteiger partial charge in [0.25, 0.3) is 0 Å². The van der Waals surface area contributed by atoms with Crippen LogP contribution in [0.2, 0.25) is 0 Å². The fourth-order valence-electron chi connectivity index (χ4n) is 5.60. The van der Waals surface area contributed by atoms with Gasteiger partial charge < -0.3 is 4.74 Å². The van der Waals surface area contributed by atoms with Crippen molar-refractivity contribution in [1.29, 1.82) is 0 Å². The Balaban J connectivity index is 3.73. The molecule has 246 valence electrons. The maximum absolute atomic E-state index is 12.7. The summed E-state index contributed by atoms with van der Waals surface area (Å²) in [4.78, 5) is 24.9. The van der Waals surface area contributed by atoms with Gasteiger partial charge in [-0.05, 0) is 50.9 Å². The molecule has 0 fully saturated rings. The third-order valence-corrected chi connectivity index (χ3v) is 8.52. The zero-order chi connectivity index (χ0) is 30.9. The van der Waals surface area contributed by atoms with Crippen molar-refractivity contribution in [2.75, 3.05) is 0 Å². The fraction of sp³-hybridized carbons (Fsp3) is 0.846. The lowest BCUT2D eigenvalue weighted by Crippen LogP contribution is -2.25. The summed E-state index contributed by atoms with van der Waals surface area (Å²) < 4.78 is 5.27. The summed E-state index contributed by atoms with van der Waals surface area (Å²) in [5.41, 5.74) is 0. The SMILES string of the molecule is CCCCCC=CCC=CCCCCCCCC(=O)OC(=O)C(CCCCCCCCCCCCCCCC)C(C)C. The van der Waals surface area contributed by atoms with E-state index in [1.165, 1.54) is 122 Å². The molecule has 0 aromatic heterocycles. The van der Waals surface area contributed by atoms with Gasteiger partial charge in [0.2, 0.25) is 0 Å². The molecular weight excluding hydrogens is 516 g/mol. The molecule has 0 bridgehead atoms. The van der Waals surface area contributed by atoms with Gasteiger partial charge in [-0.25, -0.2) is 0 Å². The number of hydrogen-bond acceptors (Lipinski definition) is 3. The second-order valence-corrected chi connectivity index (χ2v) is 13.0. The maximum atomic E-state index is 12.7. The minimum Gasteiger partial charge on any atom is -0.393 e. The second kappa shape index (κ2) is 32.5. The summed E-state index contributed by atoms with van der Waals surface area (Å²) in [6.07, 6.45) is 41.7. The molecule has 1 atom stereocenters.